The zero-order valence-corrected chi connectivity index (χ0v) is 21.4. The fraction of sp³-hybridized carbons (Fsp3) is 0.379. The molecule has 1 aliphatic rings. The van der Waals surface area contributed by atoms with E-state index in [2.05, 4.69) is 18.7 Å². The Hall–Kier alpha value is -3.74. The van der Waals surface area contributed by atoms with Crippen LogP contribution in [0.1, 0.15) is 60.8 Å². The number of nitrogens with zero attached hydrogens (tertiary/aromatic N) is 6. The molecular weight excluding hydrogens is 448 g/mol. The maximum absolute atomic E-state index is 13.2. The number of anilines is 1. The number of carbonyl (C=O) groups is 1. The van der Waals surface area contributed by atoms with Crippen molar-refractivity contribution in [3.05, 3.63) is 77.7 Å². The Labute approximate surface area is 212 Å². The number of aromatic nitrogens is 4. The Morgan fingerprint density at radius 1 is 0.972 bits per heavy atom. The number of aryl methyl sites for hydroxylation is 1. The molecule has 5 rings (SSSR count). The predicted molar refractivity (Wildman–Crippen MR) is 144 cm³/mol. The summed E-state index contributed by atoms with van der Waals surface area (Å²) in [5, 5.41) is 5.65. The van der Waals surface area contributed by atoms with E-state index >= 15 is 0 Å². The molecule has 0 unspecified atom stereocenters. The lowest BCUT2D eigenvalue weighted by Gasteiger charge is -2.24. The minimum Gasteiger partial charge on any atom is -0.354 e. The molecule has 7 heteroatoms. The van der Waals surface area contributed by atoms with Crippen molar-refractivity contribution >= 4 is 22.8 Å². The molecule has 0 N–H and O–H groups in total. The van der Waals surface area contributed by atoms with Gasteiger partial charge < -0.3 is 9.80 Å². The van der Waals surface area contributed by atoms with Gasteiger partial charge in [-0.2, -0.15) is 5.10 Å². The summed E-state index contributed by atoms with van der Waals surface area (Å²) in [6, 6.07) is 18.0. The number of hydrogen-bond donors (Lipinski definition) is 0. The Kier molecular flexibility index (Phi) is 6.98. The highest BCUT2D eigenvalue weighted by Crippen LogP contribution is 2.30. The number of rotatable bonds is 6. The minimum atomic E-state index is 0.0961. The maximum atomic E-state index is 13.2. The van der Waals surface area contributed by atoms with Crippen LogP contribution < -0.4 is 4.90 Å². The van der Waals surface area contributed by atoms with Gasteiger partial charge in [0.1, 0.15) is 11.6 Å². The number of benzene rings is 2. The first-order chi connectivity index (χ1) is 17.5. The third kappa shape index (κ3) is 4.83. The summed E-state index contributed by atoms with van der Waals surface area (Å²) in [7, 11) is 0. The van der Waals surface area contributed by atoms with E-state index in [0.29, 0.717) is 6.54 Å². The monoisotopic (exact) mass is 482 g/mol. The van der Waals surface area contributed by atoms with Crippen LogP contribution in [0.4, 0.5) is 5.82 Å². The molecule has 0 aliphatic carbocycles. The first-order valence-electron chi connectivity index (χ1n) is 13.0. The third-order valence-electron chi connectivity index (χ3n) is 6.97. The van der Waals surface area contributed by atoms with Crippen molar-refractivity contribution in [2.24, 2.45) is 0 Å². The summed E-state index contributed by atoms with van der Waals surface area (Å²) in [6.45, 7) is 9.38. The van der Waals surface area contributed by atoms with Gasteiger partial charge in [-0.25, -0.2) is 14.6 Å². The highest BCUT2D eigenvalue weighted by atomic mass is 16.2. The van der Waals surface area contributed by atoms with E-state index in [9.17, 15) is 4.79 Å². The number of fused-ring (bicyclic) bond motifs is 1. The molecule has 1 atom stereocenters. The van der Waals surface area contributed by atoms with Gasteiger partial charge in [0.15, 0.2) is 5.65 Å². The standard InChI is InChI=1S/C29H34N6O/c1-4-9-22(3)26-31-27(25-20-30-35(28(25)32-26)24-10-6-5-7-11-24)33-16-8-17-34(19-18-33)29(36)23-14-12-21(2)13-15-23/h5-7,10-15,20,22H,4,8-9,16-19H2,1-3H3/t22-/m0/s1. The summed E-state index contributed by atoms with van der Waals surface area (Å²) in [6.07, 6.45) is 4.88. The molecule has 2 aromatic carbocycles. The minimum absolute atomic E-state index is 0.0961. The van der Waals surface area contributed by atoms with Crippen LogP contribution in [0.25, 0.3) is 16.7 Å². The van der Waals surface area contributed by atoms with E-state index in [1.165, 1.54) is 0 Å². The van der Waals surface area contributed by atoms with Crippen LogP contribution in [-0.4, -0.2) is 56.7 Å². The van der Waals surface area contributed by atoms with E-state index in [-0.39, 0.29) is 11.8 Å². The average molecular weight is 483 g/mol. The van der Waals surface area contributed by atoms with Crippen LogP contribution in [0.3, 0.4) is 0 Å². The Bertz CT molecular complexity index is 1330. The molecule has 1 amide bonds. The molecule has 7 nitrogen and oxygen atoms in total. The molecular formula is C29H34N6O. The summed E-state index contributed by atoms with van der Waals surface area (Å²) < 4.78 is 1.91. The molecule has 186 valence electrons. The fourth-order valence-electron chi connectivity index (χ4n) is 4.90. The summed E-state index contributed by atoms with van der Waals surface area (Å²) in [5.74, 6) is 2.13. The largest absolute Gasteiger partial charge is 0.354 e. The second-order valence-corrected chi connectivity index (χ2v) is 9.72. The Morgan fingerprint density at radius 3 is 2.50 bits per heavy atom. The van der Waals surface area contributed by atoms with Crippen LogP contribution in [0.15, 0.2) is 60.8 Å². The lowest BCUT2D eigenvalue weighted by Crippen LogP contribution is -2.35. The van der Waals surface area contributed by atoms with Crippen LogP contribution in [0, 0.1) is 6.92 Å². The molecule has 0 bridgehead atoms. The highest BCUT2D eigenvalue weighted by Gasteiger charge is 2.25. The van der Waals surface area contributed by atoms with Crippen molar-refractivity contribution in [3.8, 4) is 5.69 Å². The van der Waals surface area contributed by atoms with Crippen molar-refractivity contribution in [2.45, 2.75) is 46.0 Å². The molecule has 2 aromatic heterocycles. The van der Waals surface area contributed by atoms with Crippen LogP contribution in [0.2, 0.25) is 0 Å². The SMILES string of the molecule is CCC[C@H](C)c1nc(N2CCCN(C(=O)c3ccc(C)cc3)CC2)c2cnn(-c3ccccc3)c2n1. The lowest BCUT2D eigenvalue weighted by atomic mass is 10.1. The summed E-state index contributed by atoms with van der Waals surface area (Å²) >= 11 is 0. The topological polar surface area (TPSA) is 67.2 Å². The van der Waals surface area contributed by atoms with Gasteiger partial charge in [-0.05, 0) is 44.0 Å². The average Bonchev–Trinajstić information content (AvgIpc) is 3.18. The van der Waals surface area contributed by atoms with Gasteiger partial charge in [0, 0.05) is 37.7 Å². The highest BCUT2D eigenvalue weighted by molar-refractivity contribution is 5.94. The van der Waals surface area contributed by atoms with Gasteiger partial charge in [0.2, 0.25) is 0 Å². The molecule has 0 radical (unpaired) electrons. The van der Waals surface area contributed by atoms with Crippen molar-refractivity contribution in [3.63, 3.8) is 0 Å². The molecule has 1 fully saturated rings. The van der Waals surface area contributed by atoms with Crippen molar-refractivity contribution in [2.75, 3.05) is 31.1 Å². The molecule has 3 heterocycles. The zero-order chi connectivity index (χ0) is 25.1. The maximum Gasteiger partial charge on any atom is 0.253 e. The summed E-state index contributed by atoms with van der Waals surface area (Å²) in [5.41, 5.74) is 3.72. The van der Waals surface area contributed by atoms with E-state index in [1.54, 1.807) is 0 Å². The Morgan fingerprint density at radius 2 is 1.75 bits per heavy atom. The number of amides is 1. The molecule has 0 spiro atoms. The quantitative estimate of drug-likeness (QED) is 0.369. The molecule has 4 aromatic rings. The first-order valence-corrected chi connectivity index (χ1v) is 13.0. The lowest BCUT2D eigenvalue weighted by molar-refractivity contribution is 0.0767. The van der Waals surface area contributed by atoms with E-state index in [0.717, 1.165) is 78.4 Å². The second-order valence-electron chi connectivity index (χ2n) is 9.72. The normalized spacial score (nSPS) is 15.2. The second kappa shape index (κ2) is 10.5. The van der Waals surface area contributed by atoms with Gasteiger partial charge in [0.05, 0.1) is 17.3 Å². The van der Waals surface area contributed by atoms with E-state index < -0.39 is 0 Å². The number of carbonyl (C=O) groups excluding carboxylic acids is 1. The predicted octanol–water partition coefficient (Wildman–Crippen LogP) is 5.38. The van der Waals surface area contributed by atoms with Gasteiger partial charge in [-0.1, -0.05) is 56.2 Å². The molecule has 36 heavy (non-hydrogen) atoms. The van der Waals surface area contributed by atoms with Crippen LogP contribution >= 0.6 is 0 Å². The molecule has 1 saturated heterocycles. The molecule has 0 saturated carbocycles. The molecule has 1 aliphatic heterocycles. The van der Waals surface area contributed by atoms with Gasteiger partial charge in [-0.3, -0.25) is 4.79 Å². The fourth-order valence-corrected chi connectivity index (χ4v) is 4.90. The van der Waals surface area contributed by atoms with Gasteiger partial charge >= 0.3 is 0 Å². The van der Waals surface area contributed by atoms with Crippen LogP contribution in [-0.2, 0) is 0 Å². The zero-order valence-electron chi connectivity index (χ0n) is 21.4. The van der Waals surface area contributed by atoms with E-state index in [1.807, 2.05) is 77.3 Å². The summed E-state index contributed by atoms with van der Waals surface area (Å²) in [4.78, 5) is 27.5. The Balaban J connectivity index is 1.47. The number of hydrogen-bond acceptors (Lipinski definition) is 5. The smallest absolute Gasteiger partial charge is 0.253 e. The first kappa shape index (κ1) is 24.0. The third-order valence-corrected chi connectivity index (χ3v) is 6.97. The van der Waals surface area contributed by atoms with Crippen LogP contribution in [0.5, 0.6) is 0 Å². The van der Waals surface area contributed by atoms with E-state index in [4.69, 9.17) is 15.1 Å². The van der Waals surface area contributed by atoms with Gasteiger partial charge in [0.25, 0.3) is 5.91 Å². The van der Waals surface area contributed by atoms with Crippen molar-refractivity contribution < 1.29 is 4.79 Å². The van der Waals surface area contributed by atoms with Crippen molar-refractivity contribution in [1.29, 1.82) is 0 Å². The van der Waals surface area contributed by atoms with Crippen molar-refractivity contribution in [1.82, 2.24) is 24.6 Å². The van der Waals surface area contributed by atoms with Gasteiger partial charge in [-0.15, -0.1) is 0 Å². The number of para-hydroxylation sites is 1.